The molecule has 0 radical (unpaired) electrons. The molecule has 4 rings (SSSR count). The molecule has 0 saturated heterocycles. The monoisotopic (exact) mass is 504 g/mol. The molecule has 0 spiro atoms. The van der Waals surface area contributed by atoms with Crippen LogP contribution in [-0.2, 0) is 27.5 Å². The van der Waals surface area contributed by atoms with Crippen molar-refractivity contribution in [1.82, 2.24) is 10.3 Å². The van der Waals surface area contributed by atoms with Crippen LogP contribution in [0.3, 0.4) is 0 Å². The van der Waals surface area contributed by atoms with E-state index in [2.05, 4.69) is 15.6 Å². The SMILES string of the molecule is O=C(NCCNc1ccc([N+](=O)[O-])cn1)C1=CC(c2ccccc2)CC(OCc2ccc(CO)cc2)O1. The van der Waals surface area contributed by atoms with Gasteiger partial charge in [-0.05, 0) is 28.8 Å². The van der Waals surface area contributed by atoms with E-state index in [-0.39, 0.29) is 36.4 Å². The van der Waals surface area contributed by atoms with Gasteiger partial charge in [-0.2, -0.15) is 0 Å². The number of pyridine rings is 1. The minimum atomic E-state index is -0.615. The molecule has 1 aromatic heterocycles. The van der Waals surface area contributed by atoms with Gasteiger partial charge in [-0.25, -0.2) is 4.98 Å². The van der Waals surface area contributed by atoms with Crippen molar-refractivity contribution in [2.45, 2.75) is 31.8 Å². The van der Waals surface area contributed by atoms with Crippen LogP contribution in [-0.4, -0.2) is 40.3 Å². The van der Waals surface area contributed by atoms with Crippen LogP contribution >= 0.6 is 0 Å². The summed E-state index contributed by atoms with van der Waals surface area (Å²) in [6, 6.07) is 20.2. The predicted molar refractivity (Wildman–Crippen MR) is 136 cm³/mol. The first-order valence-corrected chi connectivity index (χ1v) is 11.9. The molecule has 10 heteroatoms. The zero-order valence-electron chi connectivity index (χ0n) is 20.1. The Kier molecular flexibility index (Phi) is 8.79. The van der Waals surface area contributed by atoms with Crippen molar-refractivity contribution in [2.75, 3.05) is 18.4 Å². The Hall–Kier alpha value is -4.28. The summed E-state index contributed by atoms with van der Waals surface area (Å²) < 4.78 is 11.9. The summed E-state index contributed by atoms with van der Waals surface area (Å²) in [6.07, 6.45) is 2.93. The maximum Gasteiger partial charge on any atom is 0.287 e. The van der Waals surface area contributed by atoms with Gasteiger partial charge in [0.1, 0.15) is 12.0 Å². The summed E-state index contributed by atoms with van der Waals surface area (Å²) >= 11 is 0. The molecular formula is C27H28N4O6. The van der Waals surface area contributed by atoms with Gasteiger partial charge in [0.2, 0.25) is 6.29 Å². The molecule has 2 aromatic carbocycles. The van der Waals surface area contributed by atoms with Gasteiger partial charge in [0.25, 0.3) is 11.6 Å². The molecule has 0 fully saturated rings. The largest absolute Gasteiger partial charge is 0.459 e. The minimum absolute atomic E-state index is 0.0190. The molecule has 2 atom stereocenters. The number of hydrogen-bond donors (Lipinski definition) is 3. The molecular weight excluding hydrogens is 476 g/mol. The Bertz CT molecular complexity index is 1220. The van der Waals surface area contributed by atoms with Crippen molar-refractivity contribution in [3.63, 3.8) is 0 Å². The van der Waals surface area contributed by atoms with Crippen molar-refractivity contribution in [3.8, 4) is 0 Å². The van der Waals surface area contributed by atoms with Crippen molar-refractivity contribution >= 4 is 17.4 Å². The maximum atomic E-state index is 12.9. The Labute approximate surface area is 214 Å². The standard InChI is InChI=1S/C27H28N4O6/c32-17-19-6-8-20(9-7-19)18-36-26-15-22(21-4-2-1-3-5-21)14-24(37-26)27(33)29-13-12-28-25-11-10-23(16-30-25)31(34)35/h1-11,14,16,22,26,32H,12-13,15,17-18H2,(H,28,30)(H,29,33). The first kappa shape index (κ1) is 25.8. The number of aliphatic hydroxyl groups excluding tert-OH is 1. The van der Waals surface area contributed by atoms with Crippen molar-refractivity contribution in [2.24, 2.45) is 0 Å². The fourth-order valence-electron chi connectivity index (χ4n) is 3.83. The van der Waals surface area contributed by atoms with Gasteiger partial charge < -0.3 is 25.2 Å². The highest BCUT2D eigenvalue weighted by Gasteiger charge is 2.28. The molecule has 192 valence electrons. The average molecular weight is 505 g/mol. The highest BCUT2D eigenvalue weighted by molar-refractivity contribution is 5.91. The third-order valence-electron chi connectivity index (χ3n) is 5.83. The van der Waals surface area contributed by atoms with Crippen molar-refractivity contribution < 1.29 is 24.3 Å². The van der Waals surface area contributed by atoms with E-state index in [1.54, 1.807) is 0 Å². The number of nitrogens with zero attached hydrogens (tertiary/aromatic N) is 2. The molecule has 0 aliphatic carbocycles. The van der Waals surface area contributed by atoms with Gasteiger partial charge >= 0.3 is 0 Å². The third kappa shape index (κ3) is 7.35. The van der Waals surface area contributed by atoms with Crippen LogP contribution in [0.1, 0.15) is 29.0 Å². The second-order valence-electron chi connectivity index (χ2n) is 8.46. The summed E-state index contributed by atoms with van der Waals surface area (Å²) in [7, 11) is 0. The van der Waals surface area contributed by atoms with Gasteiger partial charge in [-0.1, -0.05) is 54.6 Å². The second-order valence-corrected chi connectivity index (χ2v) is 8.46. The van der Waals surface area contributed by atoms with E-state index in [4.69, 9.17) is 9.47 Å². The summed E-state index contributed by atoms with van der Waals surface area (Å²) in [6.45, 7) is 0.945. The van der Waals surface area contributed by atoms with Crippen LogP contribution < -0.4 is 10.6 Å². The van der Waals surface area contributed by atoms with E-state index < -0.39 is 11.2 Å². The predicted octanol–water partition coefficient (Wildman–Crippen LogP) is 3.64. The molecule has 1 aliphatic rings. The van der Waals surface area contributed by atoms with Gasteiger partial charge in [-0.3, -0.25) is 14.9 Å². The Balaban J connectivity index is 1.34. The van der Waals surface area contributed by atoms with Crippen LogP contribution in [0.5, 0.6) is 0 Å². The van der Waals surface area contributed by atoms with Crippen LogP contribution in [0, 0.1) is 10.1 Å². The summed E-state index contributed by atoms with van der Waals surface area (Å²) in [5.74, 6) is 0.242. The third-order valence-corrected chi connectivity index (χ3v) is 5.83. The lowest BCUT2D eigenvalue weighted by molar-refractivity contribution is -0.385. The molecule has 0 saturated carbocycles. The number of rotatable bonds is 11. The smallest absolute Gasteiger partial charge is 0.287 e. The lowest BCUT2D eigenvalue weighted by Crippen LogP contribution is -2.35. The Morgan fingerprint density at radius 2 is 1.84 bits per heavy atom. The molecule has 2 heterocycles. The molecule has 0 bridgehead atoms. The number of allylic oxidation sites excluding steroid dienone is 1. The lowest BCUT2D eigenvalue weighted by atomic mass is 9.93. The molecule has 10 nitrogen and oxygen atoms in total. The molecule has 2 unspecified atom stereocenters. The molecule has 1 aliphatic heterocycles. The topological polar surface area (TPSA) is 136 Å². The molecule has 3 aromatic rings. The average Bonchev–Trinajstić information content (AvgIpc) is 2.95. The van der Waals surface area contributed by atoms with Gasteiger partial charge in [0.05, 0.1) is 18.1 Å². The van der Waals surface area contributed by atoms with Gasteiger partial charge in [-0.15, -0.1) is 0 Å². The number of nitro groups is 1. The molecule has 3 N–H and O–H groups in total. The van der Waals surface area contributed by atoms with Crippen LogP contribution in [0.2, 0.25) is 0 Å². The highest BCUT2D eigenvalue weighted by atomic mass is 16.7. The summed E-state index contributed by atoms with van der Waals surface area (Å²) in [5, 5.41) is 25.8. The fraction of sp³-hybridized carbons (Fsp3) is 0.259. The van der Waals surface area contributed by atoms with Crippen LogP contribution in [0.15, 0.2) is 84.8 Å². The number of ether oxygens (including phenoxy) is 2. The number of nitrogens with one attached hydrogen (secondary N) is 2. The number of hydrogen-bond acceptors (Lipinski definition) is 8. The molecule has 37 heavy (non-hydrogen) atoms. The van der Waals surface area contributed by atoms with Crippen LogP contribution in [0.25, 0.3) is 0 Å². The highest BCUT2D eigenvalue weighted by Crippen LogP contribution is 2.31. The lowest BCUT2D eigenvalue weighted by Gasteiger charge is -2.29. The fourth-order valence-corrected chi connectivity index (χ4v) is 3.83. The minimum Gasteiger partial charge on any atom is -0.459 e. The van der Waals surface area contributed by atoms with Crippen molar-refractivity contribution in [1.29, 1.82) is 0 Å². The van der Waals surface area contributed by atoms with E-state index in [1.165, 1.54) is 18.3 Å². The maximum absolute atomic E-state index is 12.9. The number of carbonyl (C=O) groups excluding carboxylic acids is 1. The first-order valence-electron chi connectivity index (χ1n) is 11.9. The number of amides is 1. The second kappa shape index (κ2) is 12.6. The normalized spacial score (nSPS) is 16.8. The number of aromatic nitrogens is 1. The van der Waals surface area contributed by atoms with Gasteiger partial charge in [0, 0.05) is 31.5 Å². The molecule has 1 amide bonds. The number of carbonyl (C=O) groups is 1. The Morgan fingerprint density at radius 1 is 1.08 bits per heavy atom. The Morgan fingerprint density at radius 3 is 2.51 bits per heavy atom. The van der Waals surface area contributed by atoms with Gasteiger partial charge in [0.15, 0.2) is 5.76 Å². The first-order chi connectivity index (χ1) is 18.0. The number of anilines is 1. The van der Waals surface area contributed by atoms with Crippen LogP contribution in [0.4, 0.5) is 11.5 Å². The van der Waals surface area contributed by atoms with E-state index in [0.717, 1.165) is 16.7 Å². The van der Waals surface area contributed by atoms with Crippen molar-refractivity contribution in [3.05, 3.63) is 112 Å². The van der Waals surface area contributed by atoms with E-state index in [9.17, 15) is 20.0 Å². The van der Waals surface area contributed by atoms with E-state index in [0.29, 0.717) is 25.4 Å². The number of benzene rings is 2. The van der Waals surface area contributed by atoms with E-state index in [1.807, 2.05) is 60.7 Å². The quantitative estimate of drug-likeness (QED) is 0.205. The van der Waals surface area contributed by atoms with E-state index >= 15 is 0 Å². The summed E-state index contributed by atoms with van der Waals surface area (Å²) in [4.78, 5) is 27.1. The zero-order valence-corrected chi connectivity index (χ0v) is 20.1. The summed E-state index contributed by atoms with van der Waals surface area (Å²) in [5.41, 5.74) is 2.72. The zero-order chi connectivity index (χ0) is 26.0. The number of aliphatic hydroxyl groups is 1.